The molecule has 1 aliphatic rings. The highest BCUT2D eigenvalue weighted by Crippen LogP contribution is 2.31. The maximum absolute atomic E-state index is 11.6. The number of nitrogens with one attached hydrogen (secondary N) is 1. The lowest BCUT2D eigenvalue weighted by Gasteiger charge is -2.28. The fraction of sp³-hybridized carbons (Fsp3) is 0.533. The van der Waals surface area contributed by atoms with Crippen LogP contribution < -0.4 is 5.32 Å². The number of hydrogen-bond donors (Lipinski definition) is 2. The average molecular weight is 247 g/mol. The maximum atomic E-state index is 11.6. The van der Waals surface area contributed by atoms with Gasteiger partial charge < -0.3 is 5.11 Å². The number of benzene rings is 1. The van der Waals surface area contributed by atoms with Gasteiger partial charge in [-0.3, -0.25) is 5.32 Å². The van der Waals surface area contributed by atoms with Gasteiger partial charge in [0.25, 0.3) is 0 Å². The van der Waals surface area contributed by atoms with E-state index in [4.69, 9.17) is 0 Å². The quantitative estimate of drug-likeness (QED) is 0.841. The third kappa shape index (κ3) is 2.56. The smallest absolute Gasteiger partial charge is 0.328 e. The van der Waals surface area contributed by atoms with Crippen LogP contribution in [-0.4, -0.2) is 17.6 Å². The first kappa shape index (κ1) is 13.1. The summed E-state index contributed by atoms with van der Waals surface area (Å²) in [5, 5.41) is 12.8. The van der Waals surface area contributed by atoms with Crippen molar-refractivity contribution >= 4 is 5.97 Å². The van der Waals surface area contributed by atoms with Gasteiger partial charge in [-0.25, -0.2) is 4.79 Å². The number of rotatable bonds is 5. The summed E-state index contributed by atoms with van der Waals surface area (Å²) in [6.45, 7) is 6.54. The standard InChI is InChI=1S/C15H21NO2/c1-10-4-7-13(11(2)8-10)15(3,14(17)18)16-9-12-5-6-12/h4,7-8,12,16H,5-6,9H2,1-3H3,(H,17,18). The molecule has 0 saturated heterocycles. The van der Waals surface area contributed by atoms with Gasteiger partial charge in [0.1, 0.15) is 5.54 Å². The van der Waals surface area contributed by atoms with Crippen LogP contribution in [-0.2, 0) is 10.3 Å². The Bertz CT molecular complexity index is 466. The molecule has 0 spiro atoms. The van der Waals surface area contributed by atoms with Gasteiger partial charge in [-0.15, -0.1) is 0 Å². The van der Waals surface area contributed by atoms with Gasteiger partial charge in [-0.2, -0.15) is 0 Å². The van der Waals surface area contributed by atoms with Crippen LogP contribution in [0.15, 0.2) is 18.2 Å². The fourth-order valence-electron chi connectivity index (χ4n) is 2.33. The van der Waals surface area contributed by atoms with Crippen LogP contribution in [0.5, 0.6) is 0 Å². The molecule has 1 fully saturated rings. The Morgan fingerprint density at radius 2 is 2.11 bits per heavy atom. The zero-order valence-electron chi connectivity index (χ0n) is 11.3. The number of aliphatic carboxylic acids is 1. The van der Waals surface area contributed by atoms with Crippen molar-refractivity contribution in [3.05, 3.63) is 34.9 Å². The molecule has 2 rings (SSSR count). The monoisotopic (exact) mass is 247 g/mol. The van der Waals surface area contributed by atoms with E-state index < -0.39 is 11.5 Å². The second-order valence-electron chi connectivity index (χ2n) is 5.57. The van der Waals surface area contributed by atoms with Crippen LogP contribution in [0.3, 0.4) is 0 Å². The van der Waals surface area contributed by atoms with Crippen LogP contribution in [0.25, 0.3) is 0 Å². The Balaban J connectivity index is 2.29. The summed E-state index contributed by atoms with van der Waals surface area (Å²) in [6.07, 6.45) is 2.44. The molecule has 1 atom stereocenters. The summed E-state index contributed by atoms with van der Waals surface area (Å²) < 4.78 is 0. The maximum Gasteiger partial charge on any atom is 0.328 e. The Hall–Kier alpha value is -1.35. The highest BCUT2D eigenvalue weighted by molar-refractivity contribution is 5.80. The molecule has 0 aromatic heterocycles. The number of carbonyl (C=O) groups is 1. The van der Waals surface area contributed by atoms with Crippen LogP contribution in [0.2, 0.25) is 0 Å². The topological polar surface area (TPSA) is 49.3 Å². The van der Waals surface area contributed by atoms with Crippen molar-refractivity contribution < 1.29 is 9.90 Å². The third-order valence-corrected chi connectivity index (χ3v) is 3.79. The van der Waals surface area contributed by atoms with Crippen molar-refractivity contribution in [1.29, 1.82) is 0 Å². The van der Waals surface area contributed by atoms with E-state index in [1.165, 1.54) is 12.8 Å². The van der Waals surface area contributed by atoms with Crippen LogP contribution in [0.1, 0.15) is 36.5 Å². The zero-order valence-corrected chi connectivity index (χ0v) is 11.3. The highest BCUT2D eigenvalue weighted by Gasteiger charge is 2.37. The molecule has 1 aromatic carbocycles. The van der Waals surface area contributed by atoms with Crippen LogP contribution >= 0.6 is 0 Å². The number of carboxylic acids is 1. The highest BCUT2D eigenvalue weighted by atomic mass is 16.4. The fourth-order valence-corrected chi connectivity index (χ4v) is 2.33. The van der Waals surface area contributed by atoms with E-state index >= 15 is 0 Å². The van der Waals surface area contributed by atoms with E-state index in [0.717, 1.165) is 23.2 Å². The molecule has 3 heteroatoms. The Morgan fingerprint density at radius 3 is 2.61 bits per heavy atom. The van der Waals surface area contributed by atoms with Crippen molar-refractivity contribution in [2.45, 2.75) is 39.2 Å². The molecule has 18 heavy (non-hydrogen) atoms. The minimum atomic E-state index is -0.986. The summed E-state index contributed by atoms with van der Waals surface area (Å²) in [5.74, 6) is -0.149. The SMILES string of the molecule is Cc1ccc(C(C)(NCC2CC2)C(=O)O)c(C)c1. The van der Waals surface area contributed by atoms with Crippen molar-refractivity contribution in [1.82, 2.24) is 5.32 Å². The first-order valence-electron chi connectivity index (χ1n) is 6.49. The van der Waals surface area contributed by atoms with E-state index in [1.807, 2.05) is 32.0 Å². The molecule has 0 aliphatic heterocycles. The average Bonchev–Trinajstić information content (AvgIpc) is 3.09. The number of carboxylic acid groups (broad SMARTS) is 1. The molecular formula is C15H21NO2. The molecule has 0 bridgehead atoms. The van der Waals surface area contributed by atoms with E-state index in [-0.39, 0.29) is 0 Å². The molecule has 1 aromatic rings. The van der Waals surface area contributed by atoms with Crippen molar-refractivity contribution in [3.63, 3.8) is 0 Å². The molecule has 0 amide bonds. The molecule has 1 saturated carbocycles. The van der Waals surface area contributed by atoms with Gasteiger partial charge in [0, 0.05) is 0 Å². The summed E-state index contributed by atoms with van der Waals surface area (Å²) >= 11 is 0. The molecule has 1 aliphatic carbocycles. The number of hydrogen-bond acceptors (Lipinski definition) is 2. The normalized spacial score (nSPS) is 18.4. The summed E-state index contributed by atoms with van der Waals surface area (Å²) in [4.78, 5) is 11.6. The van der Waals surface area contributed by atoms with E-state index in [1.54, 1.807) is 6.92 Å². The Labute approximate surface area is 108 Å². The Kier molecular flexibility index (Phi) is 3.44. The first-order chi connectivity index (χ1) is 8.43. The predicted octanol–water partition coefficient (Wildman–Crippen LogP) is 2.60. The first-order valence-corrected chi connectivity index (χ1v) is 6.49. The summed E-state index contributed by atoms with van der Waals surface area (Å²) in [5.41, 5.74) is 2.07. The van der Waals surface area contributed by atoms with Crippen molar-refractivity contribution in [2.75, 3.05) is 6.54 Å². The molecule has 0 heterocycles. The second kappa shape index (κ2) is 4.73. The largest absolute Gasteiger partial charge is 0.480 e. The van der Waals surface area contributed by atoms with Crippen LogP contribution in [0.4, 0.5) is 0 Å². The van der Waals surface area contributed by atoms with Gasteiger partial charge in [0.2, 0.25) is 0 Å². The molecule has 1 unspecified atom stereocenters. The summed E-state index contributed by atoms with van der Waals surface area (Å²) in [7, 11) is 0. The molecule has 98 valence electrons. The predicted molar refractivity (Wildman–Crippen MR) is 71.6 cm³/mol. The molecule has 0 radical (unpaired) electrons. The zero-order chi connectivity index (χ0) is 13.3. The van der Waals surface area contributed by atoms with E-state index in [9.17, 15) is 9.90 Å². The minimum absolute atomic E-state index is 0.662. The number of aryl methyl sites for hydroxylation is 2. The van der Waals surface area contributed by atoms with Gasteiger partial charge in [-0.1, -0.05) is 23.8 Å². The van der Waals surface area contributed by atoms with Gasteiger partial charge in [0.15, 0.2) is 0 Å². The van der Waals surface area contributed by atoms with E-state index in [0.29, 0.717) is 5.92 Å². The third-order valence-electron chi connectivity index (χ3n) is 3.79. The van der Waals surface area contributed by atoms with Crippen molar-refractivity contribution in [3.8, 4) is 0 Å². The van der Waals surface area contributed by atoms with Crippen LogP contribution in [0, 0.1) is 19.8 Å². The molecular weight excluding hydrogens is 226 g/mol. The molecule has 3 nitrogen and oxygen atoms in total. The summed E-state index contributed by atoms with van der Waals surface area (Å²) in [6, 6.07) is 5.94. The lowest BCUT2D eigenvalue weighted by atomic mass is 9.87. The second-order valence-corrected chi connectivity index (χ2v) is 5.57. The lowest BCUT2D eigenvalue weighted by molar-refractivity contribution is -0.144. The minimum Gasteiger partial charge on any atom is -0.480 e. The molecule has 2 N–H and O–H groups in total. The lowest BCUT2D eigenvalue weighted by Crippen LogP contribution is -2.48. The Morgan fingerprint density at radius 1 is 1.44 bits per heavy atom. The van der Waals surface area contributed by atoms with Gasteiger partial charge in [0.05, 0.1) is 0 Å². The van der Waals surface area contributed by atoms with E-state index in [2.05, 4.69) is 5.32 Å². The van der Waals surface area contributed by atoms with Crippen molar-refractivity contribution in [2.24, 2.45) is 5.92 Å². The van der Waals surface area contributed by atoms with Gasteiger partial charge >= 0.3 is 5.97 Å². The van der Waals surface area contributed by atoms with Gasteiger partial charge in [-0.05, 0) is 57.2 Å².